The van der Waals surface area contributed by atoms with Crippen molar-refractivity contribution in [3.8, 4) is 5.75 Å². The quantitative estimate of drug-likeness (QED) is 0.789. The Balaban J connectivity index is 2.71. The molecule has 4 nitrogen and oxygen atoms in total. The number of aromatic carboxylic acids is 1. The minimum atomic E-state index is -0.954. The van der Waals surface area contributed by atoms with Gasteiger partial charge in [-0.3, -0.25) is 0 Å². The smallest absolute Gasteiger partial charge is 0.352 e. The molecule has 2 rings (SSSR count). The summed E-state index contributed by atoms with van der Waals surface area (Å²) in [5.74, 6) is -0.203. The fourth-order valence-corrected chi connectivity index (χ4v) is 1.66. The number of hydrogen-bond acceptors (Lipinski definition) is 2. The largest absolute Gasteiger partial charge is 0.496 e. The highest BCUT2D eigenvalue weighted by Gasteiger charge is 2.10. The lowest BCUT2D eigenvalue weighted by atomic mass is 10.1. The fraction of sp³-hybridized carbons (Fsp3) is 0.182. The van der Waals surface area contributed by atoms with Gasteiger partial charge in [0, 0.05) is 10.9 Å². The number of ether oxygens (including phenoxy) is 1. The topological polar surface area (TPSA) is 62.3 Å². The van der Waals surface area contributed by atoms with Crippen LogP contribution in [0, 0.1) is 6.92 Å². The Morgan fingerprint density at radius 1 is 1.47 bits per heavy atom. The van der Waals surface area contributed by atoms with Gasteiger partial charge in [0.2, 0.25) is 0 Å². The summed E-state index contributed by atoms with van der Waals surface area (Å²) in [5.41, 5.74) is 1.93. The number of nitrogens with one attached hydrogen (secondary N) is 1. The predicted octanol–water partition coefficient (Wildman–Crippen LogP) is 2.18. The fourth-order valence-electron chi connectivity index (χ4n) is 1.66. The van der Waals surface area contributed by atoms with E-state index in [0.29, 0.717) is 0 Å². The zero-order valence-corrected chi connectivity index (χ0v) is 8.50. The number of aryl methyl sites for hydroxylation is 1. The maximum absolute atomic E-state index is 10.8. The average Bonchev–Trinajstić information content (AvgIpc) is 2.63. The Kier molecular flexibility index (Phi) is 2.11. The van der Waals surface area contributed by atoms with E-state index in [1.54, 1.807) is 13.2 Å². The minimum Gasteiger partial charge on any atom is -0.496 e. The zero-order valence-electron chi connectivity index (χ0n) is 8.50. The molecule has 78 valence electrons. The van der Waals surface area contributed by atoms with E-state index < -0.39 is 5.97 Å². The maximum atomic E-state index is 10.8. The van der Waals surface area contributed by atoms with Crippen LogP contribution < -0.4 is 4.74 Å². The SMILES string of the molecule is COc1ccc2cc(C(=O)O)[nH]c2c1C. The maximum Gasteiger partial charge on any atom is 0.352 e. The first-order valence-corrected chi connectivity index (χ1v) is 4.53. The number of H-pyrrole nitrogens is 1. The van der Waals surface area contributed by atoms with Gasteiger partial charge in [0.1, 0.15) is 11.4 Å². The number of carboxylic acid groups (broad SMARTS) is 1. The van der Waals surface area contributed by atoms with Crippen molar-refractivity contribution in [2.24, 2.45) is 0 Å². The molecule has 0 amide bonds. The summed E-state index contributed by atoms with van der Waals surface area (Å²) < 4.78 is 5.16. The summed E-state index contributed by atoms with van der Waals surface area (Å²) in [6.45, 7) is 1.89. The second-order valence-corrected chi connectivity index (χ2v) is 3.35. The van der Waals surface area contributed by atoms with Crippen molar-refractivity contribution < 1.29 is 14.6 Å². The van der Waals surface area contributed by atoms with Gasteiger partial charge in [-0.1, -0.05) is 0 Å². The number of rotatable bonds is 2. The first-order valence-electron chi connectivity index (χ1n) is 4.53. The Hall–Kier alpha value is -1.97. The van der Waals surface area contributed by atoms with E-state index in [0.717, 1.165) is 22.2 Å². The van der Waals surface area contributed by atoms with Gasteiger partial charge < -0.3 is 14.8 Å². The van der Waals surface area contributed by atoms with Gasteiger partial charge in [0.15, 0.2) is 0 Å². The number of aromatic amines is 1. The van der Waals surface area contributed by atoms with Crippen LogP contribution in [-0.2, 0) is 0 Å². The molecule has 2 aromatic rings. The molecule has 4 heteroatoms. The third-order valence-electron chi connectivity index (χ3n) is 2.46. The monoisotopic (exact) mass is 205 g/mol. The van der Waals surface area contributed by atoms with Crippen molar-refractivity contribution >= 4 is 16.9 Å². The van der Waals surface area contributed by atoms with Gasteiger partial charge in [-0.25, -0.2) is 4.79 Å². The summed E-state index contributed by atoms with van der Waals surface area (Å²) in [6, 6.07) is 5.28. The van der Waals surface area contributed by atoms with Gasteiger partial charge in [-0.2, -0.15) is 0 Å². The highest BCUT2D eigenvalue weighted by molar-refractivity contribution is 5.95. The van der Waals surface area contributed by atoms with E-state index in [2.05, 4.69) is 4.98 Å². The molecule has 0 aliphatic rings. The molecule has 2 N–H and O–H groups in total. The highest BCUT2D eigenvalue weighted by atomic mass is 16.5. The van der Waals surface area contributed by atoms with Crippen LogP contribution in [0.1, 0.15) is 16.1 Å². The molecular weight excluding hydrogens is 194 g/mol. The van der Waals surface area contributed by atoms with Crippen LogP contribution in [0.15, 0.2) is 18.2 Å². The lowest BCUT2D eigenvalue weighted by molar-refractivity contribution is 0.0691. The third-order valence-corrected chi connectivity index (χ3v) is 2.46. The van der Waals surface area contributed by atoms with Crippen LogP contribution in [0.4, 0.5) is 0 Å². The molecular formula is C11H11NO3. The molecule has 1 aromatic carbocycles. The van der Waals surface area contributed by atoms with Crippen molar-refractivity contribution in [1.82, 2.24) is 4.98 Å². The Morgan fingerprint density at radius 3 is 2.80 bits per heavy atom. The van der Waals surface area contributed by atoms with Crippen molar-refractivity contribution in [3.05, 3.63) is 29.5 Å². The lowest BCUT2D eigenvalue weighted by Gasteiger charge is -2.04. The van der Waals surface area contributed by atoms with Crippen LogP contribution in [0.5, 0.6) is 5.75 Å². The molecule has 0 bridgehead atoms. The van der Waals surface area contributed by atoms with Gasteiger partial charge >= 0.3 is 5.97 Å². The molecule has 0 radical (unpaired) electrons. The van der Waals surface area contributed by atoms with E-state index in [4.69, 9.17) is 9.84 Å². The van der Waals surface area contributed by atoms with E-state index in [1.807, 2.05) is 19.1 Å². The molecule has 1 heterocycles. The van der Waals surface area contributed by atoms with Gasteiger partial charge in [0.05, 0.1) is 12.6 Å². The summed E-state index contributed by atoms with van der Waals surface area (Å²) in [4.78, 5) is 13.6. The van der Waals surface area contributed by atoms with Crippen molar-refractivity contribution in [2.45, 2.75) is 6.92 Å². The van der Waals surface area contributed by atoms with Gasteiger partial charge in [0.25, 0.3) is 0 Å². The second kappa shape index (κ2) is 3.31. The van der Waals surface area contributed by atoms with E-state index in [9.17, 15) is 4.79 Å². The number of carbonyl (C=O) groups is 1. The number of aromatic nitrogens is 1. The summed E-state index contributed by atoms with van der Waals surface area (Å²) in [7, 11) is 1.59. The Morgan fingerprint density at radius 2 is 2.20 bits per heavy atom. The van der Waals surface area contributed by atoms with Crippen LogP contribution in [-0.4, -0.2) is 23.2 Å². The zero-order chi connectivity index (χ0) is 11.0. The van der Waals surface area contributed by atoms with Crippen LogP contribution in [0.2, 0.25) is 0 Å². The molecule has 0 spiro atoms. The minimum absolute atomic E-state index is 0.196. The van der Waals surface area contributed by atoms with Gasteiger partial charge in [-0.05, 0) is 25.1 Å². The number of fused-ring (bicyclic) bond motifs is 1. The predicted molar refractivity (Wildman–Crippen MR) is 56.5 cm³/mol. The van der Waals surface area contributed by atoms with E-state index >= 15 is 0 Å². The van der Waals surface area contributed by atoms with Crippen LogP contribution >= 0.6 is 0 Å². The molecule has 0 aliphatic heterocycles. The summed E-state index contributed by atoms with van der Waals surface area (Å²) in [6.07, 6.45) is 0. The summed E-state index contributed by atoms with van der Waals surface area (Å²) >= 11 is 0. The standard InChI is InChI=1S/C11H11NO3/c1-6-9(15-2)4-3-7-5-8(11(13)14)12-10(6)7/h3-5,12H,1-2H3,(H,13,14). The van der Waals surface area contributed by atoms with Crippen molar-refractivity contribution in [1.29, 1.82) is 0 Å². The number of hydrogen-bond donors (Lipinski definition) is 2. The van der Waals surface area contributed by atoms with Crippen LogP contribution in [0.3, 0.4) is 0 Å². The average molecular weight is 205 g/mol. The molecule has 15 heavy (non-hydrogen) atoms. The molecule has 0 atom stereocenters. The first kappa shape index (κ1) is 9.58. The first-order chi connectivity index (χ1) is 7.13. The van der Waals surface area contributed by atoms with E-state index in [-0.39, 0.29) is 5.69 Å². The van der Waals surface area contributed by atoms with Crippen molar-refractivity contribution in [2.75, 3.05) is 7.11 Å². The van der Waals surface area contributed by atoms with Gasteiger partial charge in [-0.15, -0.1) is 0 Å². The van der Waals surface area contributed by atoms with E-state index in [1.165, 1.54) is 0 Å². The number of methoxy groups -OCH3 is 1. The number of carboxylic acids is 1. The normalized spacial score (nSPS) is 10.5. The van der Waals surface area contributed by atoms with Crippen molar-refractivity contribution in [3.63, 3.8) is 0 Å². The molecule has 0 unspecified atom stereocenters. The lowest BCUT2D eigenvalue weighted by Crippen LogP contribution is -1.95. The molecule has 1 aromatic heterocycles. The Labute approximate surface area is 86.5 Å². The molecule has 0 saturated carbocycles. The third kappa shape index (κ3) is 1.44. The molecule has 0 fully saturated rings. The molecule has 0 saturated heterocycles. The summed E-state index contributed by atoms with van der Waals surface area (Å²) in [5, 5.41) is 9.72. The highest BCUT2D eigenvalue weighted by Crippen LogP contribution is 2.27. The second-order valence-electron chi connectivity index (χ2n) is 3.35. The molecule has 0 aliphatic carbocycles. The Bertz CT molecular complexity index is 528. The number of benzene rings is 1. The van der Waals surface area contributed by atoms with Crippen LogP contribution in [0.25, 0.3) is 10.9 Å².